The van der Waals surface area contributed by atoms with E-state index in [4.69, 9.17) is 14.9 Å². The Hall–Kier alpha value is -2.35. The maximum Gasteiger partial charge on any atom is 0.329 e. The zero-order chi connectivity index (χ0) is 24.2. The molecule has 0 spiro atoms. The minimum Gasteiger partial charge on any atom is -0.480 e. The first-order valence-electron chi connectivity index (χ1n) is 11.6. The van der Waals surface area contributed by atoms with Gasteiger partial charge in [0.05, 0.1) is 18.0 Å². The molecule has 1 fully saturated rings. The minimum atomic E-state index is -0.989. The standard InChI is InChI=1S/C27H30N3O4.Y/c1-17-12-13-23(18(2)14-17)30-26(20-8-5-4-6-9-20)19(3)25(29-30)27(33)28-22-11-7-10-21(22)15-34-16-24(31)32;/h5-6,8-9,12-14,21-22H,7,10-11,15-16H2,1-3H3,(H,28,33)(H,31,32);/q-1;. The minimum absolute atomic E-state index is 0. The number of benzene rings is 2. The molecule has 2 atom stereocenters. The number of carbonyl (C=O) groups excluding carboxylic acids is 1. The van der Waals surface area contributed by atoms with Crippen molar-refractivity contribution >= 4 is 11.9 Å². The van der Waals surface area contributed by atoms with Crippen LogP contribution in [0.1, 0.15) is 46.4 Å². The summed E-state index contributed by atoms with van der Waals surface area (Å²) in [6.07, 6.45) is 2.70. The molecule has 1 aliphatic rings. The van der Waals surface area contributed by atoms with Gasteiger partial charge in [-0.25, -0.2) is 9.48 Å². The zero-order valence-corrected chi connectivity index (χ0v) is 23.2. The third-order valence-corrected chi connectivity index (χ3v) is 6.44. The van der Waals surface area contributed by atoms with E-state index in [1.807, 2.05) is 54.9 Å². The molecule has 1 saturated carbocycles. The van der Waals surface area contributed by atoms with Crippen LogP contribution in [-0.2, 0) is 42.2 Å². The number of rotatable bonds is 8. The van der Waals surface area contributed by atoms with E-state index >= 15 is 0 Å². The molecule has 3 aromatic rings. The first-order valence-corrected chi connectivity index (χ1v) is 11.6. The molecule has 1 aliphatic carbocycles. The SMILES string of the molecule is Cc1ccc(-n2nc(C(=O)NC3CCCC3COCC(=O)O)c(C)c2-c2cc[c-]cc2)c(C)c1.[Y]. The largest absolute Gasteiger partial charge is 0.480 e. The summed E-state index contributed by atoms with van der Waals surface area (Å²) >= 11 is 0. The zero-order valence-electron chi connectivity index (χ0n) is 20.4. The van der Waals surface area contributed by atoms with Gasteiger partial charge in [0.2, 0.25) is 0 Å². The van der Waals surface area contributed by atoms with Gasteiger partial charge in [-0.3, -0.25) is 4.79 Å². The van der Waals surface area contributed by atoms with Crippen LogP contribution in [0, 0.1) is 32.8 Å². The van der Waals surface area contributed by atoms with Crippen LogP contribution in [0.2, 0.25) is 0 Å². The Labute approximate surface area is 231 Å². The van der Waals surface area contributed by atoms with Gasteiger partial charge in [-0.15, -0.1) is 5.56 Å². The van der Waals surface area contributed by atoms with Crippen molar-refractivity contribution in [2.24, 2.45) is 5.92 Å². The number of aryl methyl sites for hydroxylation is 2. The van der Waals surface area contributed by atoms with Crippen LogP contribution in [0.4, 0.5) is 0 Å². The summed E-state index contributed by atoms with van der Waals surface area (Å²) in [7, 11) is 0. The van der Waals surface area contributed by atoms with Crippen molar-refractivity contribution in [1.29, 1.82) is 0 Å². The third-order valence-electron chi connectivity index (χ3n) is 6.44. The molecule has 4 rings (SSSR count). The summed E-state index contributed by atoms with van der Waals surface area (Å²) in [5, 5.41) is 16.7. The number of carbonyl (C=O) groups is 2. The van der Waals surface area contributed by atoms with Crippen LogP contribution in [0.25, 0.3) is 16.9 Å². The second-order valence-corrected chi connectivity index (χ2v) is 8.99. The van der Waals surface area contributed by atoms with Crippen molar-refractivity contribution in [3.05, 3.63) is 70.9 Å². The number of nitrogens with zero attached hydrogens (tertiary/aromatic N) is 2. The molecule has 1 radical (unpaired) electrons. The van der Waals surface area contributed by atoms with Crippen molar-refractivity contribution in [1.82, 2.24) is 15.1 Å². The van der Waals surface area contributed by atoms with Crippen molar-refractivity contribution < 1.29 is 52.1 Å². The van der Waals surface area contributed by atoms with E-state index in [9.17, 15) is 9.59 Å². The van der Waals surface area contributed by atoms with Crippen LogP contribution >= 0.6 is 0 Å². The Morgan fingerprint density at radius 2 is 1.91 bits per heavy atom. The number of hydrogen-bond donors (Lipinski definition) is 2. The smallest absolute Gasteiger partial charge is 0.329 e. The molecule has 1 aromatic heterocycles. The van der Waals surface area contributed by atoms with Crippen molar-refractivity contribution in [3.63, 3.8) is 0 Å². The Balaban J connectivity index is 0.00000342. The fourth-order valence-corrected chi connectivity index (χ4v) is 4.77. The molecule has 0 bridgehead atoms. The normalized spacial score (nSPS) is 17.1. The van der Waals surface area contributed by atoms with Gasteiger partial charge in [-0.2, -0.15) is 35.4 Å². The van der Waals surface area contributed by atoms with Crippen LogP contribution < -0.4 is 5.32 Å². The molecular formula is C27H30N3O4Y-. The molecule has 2 aromatic carbocycles. The third kappa shape index (κ3) is 6.27. The predicted molar refractivity (Wildman–Crippen MR) is 129 cm³/mol. The molecule has 0 aliphatic heterocycles. The van der Waals surface area contributed by atoms with E-state index in [2.05, 4.69) is 24.4 Å². The summed E-state index contributed by atoms with van der Waals surface area (Å²) in [4.78, 5) is 24.1. The molecule has 8 heteroatoms. The summed E-state index contributed by atoms with van der Waals surface area (Å²) in [6.45, 7) is 6.02. The molecule has 7 nitrogen and oxygen atoms in total. The number of nitrogens with one attached hydrogen (secondary N) is 1. The van der Waals surface area contributed by atoms with Gasteiger partial charge in [0, 0.05) is 50.2 Å². The van der Waals surface area contributed by atoms with Gasteiger partial charge in [0.25, 0.3) is 5.91 Å². The number of amides is 1. The molecule has 1 heterocycles. The molecule has 1 amide bonds. The Morgan fingerprint density at radius 3 is 2.60 bits per heavy atom. The van der Waals surface area contributed by atoms with E-state index in [0.717, 1.165) is 52.9 Å². The van der Waals surface area contributed by atoms with Gasteiger partial charge in [-0.1, -0.05) is 24.1 Å². The van der Waals surface area contributed by atoms with Gasteiger partial charge in [0.1, 0.15) is 6.61 Å². The Kier molecular flexibility index (Phi) is 9.39. The van der Waals surface area contributed by atoms with Crippen LogP contribution in [0.5, 0.6) is 0 Å². The van der Waals surface area contributed by atoms with Gasteiger partial charge < -0.3 is 15.2 Å². The number of aromatic nitrogens is 2. The number of carboxylic acids is 1. The summed E-state index contributed by atoms with van der Waals surface area (Å²) in [6, 6.07) is 16.8. The maximum absolute atomic E-state index is 13.4. The Morgan fingerprint density at radius 1 is 1.17 bits per heavy atom. The van der Waals surface area contributed by atoms with Gasteiger partial charge in [0.15, 0.2) is 5.69 Å². The summed E-state index contributed by atoms with van der Waals surface area (Å²) in [5.41, 5.74) is 6.19. The average Bonchev–Trinajstić information content (AvgIpc) is 3.38. The van der Waals surface area contributed by atoms with Gasteiger partial charge >= 0.3 is 5.97 Å². The predicted octanol–water partition coefficient (Wildman–Crippen LogP) is 4.26. The average molecular weight is 549 g/mol. The molecule has 0 saturated heterocycles. The molecule has 2 N–H and O–H groups in total. The fourth-order valence-electron chi connectivity index (χ4n) is 4.77. The number of aliphatic carboxylic acids is 1. The number of carboxylic acid groups (broad SMARTS) is 1. The van der Waals surface area contributed by atoms with Crippen LogP contribution in [0.3, 0.4) is 0 Å². The monoisotopic (exact) mass is 549 g/mol. The molecular weight excluding hydrogens is 519 g/mol. The molecule has 181 valence electrons. The topological polar surface area (TPSA) is 93.5 Å². The maximum atomic E-state index is 13.4. The molecule has 35 heavy (non-hydrogen) atoms. The first kappa shape index (κ1) is 27.2. The summed E-state index contributed by atoms with van der Waals surface area (Å²) in [5.74, 6) is -1.12. The fraction of sp³-hybridized carbons (Fsp3) is 0.370. The van der Waals surface area contributed by atoms with E-state index in [1.54, 1.807) is 0 Å². The van der Waals surface area contributed by atoms with E-state index in [1.165, 1.54) is 0 Å². The number of hydrogen-bond acceptors (Lipinski definition) is 4. The van der Waals surface area contributed by atoms with Crippen molar-refractivity contribution in [2.45, 2.75) is 46.1 Å². The second kappa shape index (κ2) is 12.1. The van der Waals surface area contributed by atoms with Crippen LogP contribution in [-0.4, -0.2) is 46.0 Å². The first-order chi connectivity index (χ1) is 16.3. The number of ether oxygens (including phenoxy) is 1. The van der Waals surface area contributed by atoms with E-state index < -0.39 is 5.97 Å². The van der Waals surface area contributed by atoms with E-state index in [0.29, 0.717) is 12.3 Å². The van der Waals surface area contributed by atoms with Gasteiger partial charge in [-0.05, 0) is 45.2 Å². The molecule has 2 unspecified atom stereocenters. The van der Waals surface area contributed by atoms with E-state index in [-0.39, 0.29) is 57.2 Å². The van der Waals surface area contributed by atoms with Crippen molar-refractivity contribution in [2.75, 3.05) is 13.2 Å². The van der Waals surface area contributed by atoms with Crippen LogP contribution in [0.15, 0.2) is 42.5 Å². The van der Waals surface area contributed by atoms with Crippen molar-refractivity contribution in [3.8, 4) is 16.9 Å². The summed E-state index contributed by atoms with van der Waals surface area (Å²) < 4.78 is 7.17. The second-order valence-electron chi connectivity index (χ2n) is 8.99. The quantitative estimate of drug-likeness (QED) is 0.410. The Bertz CT molecular complexity index is 1190.